The fourth-order valence-electron chi connectivity index (χ4n) is 2.08. The van der Waals surface area contributed by atoms with Crippen molar-refractivity contribution in [2.45, 2.75) is 38.8 Å². The van der Waals surface area contributed by atoms with Crippen molar-refractivity contribution in [3.63, 3.8) is 0 Å². The topological polar surface area (TPSA) is 50.7 Å². The Hall–Kier alpha value is -1.26. The van der Waals surface area contributed by atoms with Crippen LogP contribution in [0.25, 0.3) is 0 Å². The molecular formula is C15H25NO3. The van der Waals surface area contributed by atoms with Crippen molar-refractivity contribution in [1.29, 1.82) is 0 Å². The summed E-state index contributed by atoms with van der Waals surface area (Å²) in [6, 6.07) is 5.59. The van der Waals surface area contributed by atoms with Crippen LogP contribution in [0, 0.1) is 0 Å². The van der Waals surface area contributed by atoms with Gasteiger partial charge in [0.25, 0.3) is 0 Å². The van der Waals surface area contributed by atoms with Crippen LogP contribution in [0.4, 0.5) is 0 Å². The van der Waals surface area contributed by atoms with Gasteiger partial charge in [0.1, 0.15) is 0 Å². The average molecular weight is 267 g/mol. The van der Waals surface area contributed by atoms with Gasteiger partial charge in [-0.1, -0.05) is 19.9 Å². The Labute approximate surface area is 115 Å². The van der Waals surface area contributed by atoms with Crippen molar-refractivity contribution < 1.29 is 14.6 Å². The van der Waals surface area contributed by atoms with E-state index in [1.165, 1.54) is 0 Å². The maximum atomic E-state index is 10.4. The van der Waals surface area contributed by atoms with Crippen LogP contribution in [0.3, 0.4) is 0 Å². The molecule has 0 radical (unpaired) electrons. The van der Waals surface area contributed by atoms with Crippen molar-refractivity contribution in [2.24, 2.45) is 0 Å². The third kappa shape index (κ3) is 4.11. The lowest BCUT2D eigenvalue weighted by molar-refractivity contribution is 0.126. The van der Waals surface area contributed by atoms with Crippen LogP contribution < -0.4 is 14.8 Å². The largest absolute Gasteiger partial charge is 0.493 e. The van der Waals surface area contributed by atoms with Gasteiger partial charge in [-0.15, -0.1) is 0 Å². The van der Waals surface area contributed by atoms with Crippen LogP contribution in [-0.2, 0) is 0 Å². The number of hydrogen-bond acceptors (Lipinski definition) is 4. The molecule has 0 bridgehead atoms. The molecule has 2 atom stereocenters. The van der Waals surface area contributed by atoms with E-state index in [2.05, 4.69) is 19.2 Å². The Bertz CT molecular complexity index is 382. The summed E-state index contributed by atoms with van der Waals surface area (Å²) in [4.78, 5) is 0. The molecule has 0 amide bonds. The Morgan fingerprint density at radius 3 is 2.37 bits per heavy atom. The highest BCUT2D eigenvalue weighted by Crippen LogP contribution is 2.31. The fourth-order valence-corrected chi connectivity index (χ4v) is 2.08. The molecule has 19 heavy (non-hydrogen) atoms. The molecule has 1 aromatic carbocycles. The molecule has 2 unspecified atom stereocenters. The summed E-state index contributed by atoms with van der Waals surface area (Å²) >= 11 is 0. The minimum atomic E-state index is -0.545. The zero-order chi connectivity index (χ0) is 14.3. The van der Waals surface area contributed by atoms with E-state index in [4.69, 9.17) is 9.47 Å². The maximum Gasteiger partial charge on any atom is 0.161 e. The van der Waals surface area contributed by atoms with Gasteiger partial charge in [0, 0.05) is 6.04 Å². The zero-order valence-corrected chi connectivity index (χ0v) is 12.3. The van der Waals surface area contributed by atoms with E-state index >= 15 is 0 Å². The molecule has 0 heterocycles. The predicted octanol–water partition coefficient (Wildman–Crippen LogP) is 2.52. The normalized spacial score (nSPS) is 13.9. The van der Waals surface area contributed by atoms with Crippen molar-refractivity contribution in [2.75, 3.05) is 20.8 Å². The number of aliphatic hydroxyl groups is 1. The second kappa shape index (κ2) is 8.02. The summed E-state index contributed by atoms with van der Waals surface area (Å²) < 4.78 is 10.5. The lowest BCUT2D eigenvalue weighted by atomic mass is 9.99. The summed E-state index contributed by atoms with van der Waals surface area (Å²) in [5.74, 6) is 1.32. The van der Waals surface area contributed by atoms with E-state index in [-0.39, 0.29) is 6.04 Å². The summed E-state index contributed by atoms with van der Waals surface area (Å²) in [7, 11) is 3.20. The summed E-state index contributed by atoms with van der Waals surface area (Å²) in [5, 5.41) is 13.8. The molecule has 1 aromatic rings. The molecule has 0 spiro atoms. The molecule has 4 heteroatoms. The Morgan fingerprint density at radius 1 is 1.16 bits per heavy atom. The molecule has 0 aromatic heterocycles. The molecule has 0 saturated heterocycles. The molecule has 0 aliphatic rings. The van der Waals surface area contributed by atoms with Crippen LogP contribution in [0.1, 0.15) is 38.4 Å². The first-order chi connectivity index (χ1) is 9.17. The Kier molecular flexibility index (Phi) is 6.67. The molecule has 0 saturated carbocycles. The third-order valence-corrected chi connectivity index (χ3v) is 3.23. The van der Waals surface area contributed by atoms with Crippen LogP contribution in [-0.4, -0.2) is 31.9 Å². The lowest BCUT2D eigenvalue weighted by Gasteiger charge is -2.23. The van der Waals surface area contributed by atoms with Crippen LogP contribution in [0.5, 0.6) is 11.5 Å². The average Bonchev–Trinajstić information content (AvgIpc) is 2.46. The number of rotatable bonds is 8. The highest BCUT2D eigenvalue weighted by molar-refractivity contribution is 5.43. The minimum Gasteiger partial charge on any atom is -0.493 e. The van der Waals surface area contributed by atoms with Gasteiger partial charge in [-0.2, -0.15) is 0 Å². The van der Waals surface area contributed by atoms with Gasteiger partial charge < -0.3 is 19.9 Å². The van der Waals surface area contributed by atoms with Crippen molar-refractivity contribution >= 4 is 0 Å². The van der Waals surface area contributed by atoms with Gasteiger partial charge >= 0.3 is 0 Å². The van der Waals surface area contributed by atoms with Crippen LogP contribution in [0.2, 0.25) is 0 Å². The molecule has 0 aliphatic carbocycles. The highest BCUT2D eigenvalue weighted by Gasteiger charge is 2.19. The molecule has 108 valence electrons. The number of nitrogens with one attached hydrogen (secondary N) is 1. The maximum absolute atomic E-state index is 10.4. The van der Waals surface area contributed by atoms with Gasteiger partial charge in [-0.05, 0) is 37.1 Å². The second-order valence-corrected chi connectivity index (χ2v) is 4.53. The number of aliphatic hydroxyl groups excluding tert-OH is 1. The smallest absolute Gasteiger partial charge is 0.161 e. The van der Waals surface area contributed by atoms with Crippen molar-refractivity contribution in [1.82, 2.24) is 5.32 Å². The molecule has 4 nitrogen and oxygen atoms in total. The molecule has 2 N–H and O–H groups in total. The molecule has 0 fully saturated rings. The summed E-state index contributed by atoms with van der Waals surface area (Å²) in [5.41, 5.74) is 0.841. The fraction of sp³-hybridized carbons (Fsp3) is 0.600. The summed E-state index contributed by atoms with van der Waals surface area (Å²) in [6.45, 7) is 5.09. The van der Waals surface area contributed by atoms with Crippen molar-refractivity contribution in [3.05, 3.63) is 23.8 Å². The zero-order valence-electron chi connectivity index (χ0n) is 12.3. The first-order valence-corrected chi connectivity index (χ1v) is 6.81. The standard InChI is InChI=1S/C15H25NO3/c1-5-9-16-12(6-2)15(17)11-7-8-13(18-3)14(10-11)19-4/h7-8,10,12,15-17H,5-6,9H2,1-4H3. The van der Waals surface area contributed by atoms with Gasteiger partial charge in [-0.25, -0.2) is 0 Å². The predicted molar refractivity (Wildman–Crippen MR) is 76.9 cm³/mol. The van der Waals surface area contributed by atoms with E-state index in [9.17, 15) is 5.11 Å². The van der Waals surface area contributed by atoms with E-state index in [1.54, 1.807) is 14.2 Å². The lowest BCUT2D eigenvalue weighted by Crippen LogP contribution is -2.34. The Balaban J connectivity index is 2.88. The van der Waals surface area contributed by atoms with E-state index in [0.29, 0.717) is 11.5 Å². The first kappa shape index (κ1) is 15.8. The minimum absolute atomic E-state index is 0.0538. The first-order valence-electron chi connectivity index (χ1n) is 6.81. The number of benzene rings is 1. The van der Waals surface area contributed by atoms with Crippen molar-refractivity contribution in [3.8, 4) is 11.5 Å². The SMILES string of the molecule is CCCNC(CC)C(O)c1ccc(OC)c(OC)c1. The molecule has 0 aliphatic heterocycles. The van der Waals surface area contributed by atoms with E-state index in [1.807, 2.05) is 18.2 Å². The Morgan fingerprint density at radius 2 is 1.84 bits per heavy atom. The van der Waals surface area contributed by atoms with E-state index < -0.39 is 6.10 Å². The van der Waals surface area contributed by atoms with Gasteiger partial charge in [0.15, 0.2) is 11.5 Å². The third-order valence-electron chi connectivity index (χ3n) is 3.23. The van der Waals surface area contributed by atoms with Crippen LogP contribution >= 0.6 is 0 Å². The second-order valence-electron chi connectivity index (χ2n) is 4.53. The molecular weight excluding hydrogens is 242 g/mol. The number of ether oxygens (including phenoxy) is 2. The monoisotopic (exact) mass is 267 g/mol. The highest BCUT2D eigenvalue weighted by atomic mass is 16.5. The quantitative estimate of drug-likeness (QED) is 0.760. The number of hydrogen-bond donors (Lipinski definition) is 2. The van der Waals surface area contributed by atoms with E-state index in [0.717, 1.165) is 24.9 Å². The summed E-state index contributed by atoms with van der Waals surface area (Å²) in [6.07, 6.45) is 1.38. The van der Waals surface area contributed by atoms with Gasteiger partial charge in [0.05, 0.1) is 20.3 Å². The molecule has 1 rings (SSSR count). The van der Waals surface area contributed by atoms with Gasteiger partial charge in [-0.3, -0.25) is 0 Å². The van der Waals surface area contributed by atoms with Gasteiger partial charge in [0.2, 0.25) is 0 Å². The number of methoxy groups -OCH3 is 2. The van der Waals surface area contributed by atoms with Crippen LogP contribution in [0.15, 0.2) is 18.2 Å².